The van der Waals surface area contributed by atoms with E-state index in [1.165, 1.54) is 4.68 Å². The van der Waals surface area contributed by atoms with E-state index in [-0.39, 0.29) is 16.6 Å². The summed E-state index contributed by atoms with van der Waals surface area (Å²) in [5.41, 5.74) is -0.143. The first kappa shape index (κ1) is 14.7. The van der Waals surface area contributed by atoms with Crippen LogP contribution in [0.5, 0.6) is 0 Å². The Kier molecular flexibility index (Phi) is 3.94. The van der Waals surface area contributed by atoms with Gasteiger partial charge in [-0.3, -0.25) is 14.3 Å². The Morgan fingerprint density at radius 2 is 2.00 bits per heavy atom. The normalized spacial score (nSPS) is 11.6. The topological polar surface area (TPSA) is 61.2 Å². The van der Waals surface area contributed by atoms with E-state index < -0.39 is 11.6 Å². The van der Waals surface area contributed by atoms with Gasteiger partial charge in [0.15, 0.2) is 4.60 Å². The minimum Gasteiger partial charge on any atom is -0.459 e. The van der Waals surface area contributed by atoms with Crippen molar-refractivity contribution in [2.75, 3.05) is 0 Å². The average Bonchev–Trinajstić information content (AvgIpc) is 2.33. The summed E-state index contributed by atoms with van der Waals surface area (Å²) in [4.78, 5) is 23.8. The van der Waals surface area contributed by atoms with Crippen molar-refractivity contribution < 1.29 is 9.53 Å². The number of fused-ring (bicyclic) bond motifs is 1. The lowest BCUT2D eigenvalue weighted by molar-refractivity contribution is -0.155. The number of halogens is 1. The lowest BCUT2D eigenvalue weighted by atomic mass is 10.2. The second kappa shape index (κ2) is 5.36. The summed E-state index contributed by atoms with van der Waals surface area (Å²) >= 11 is 3.12. The molecular weight excluding hydrogens is 324 g/mol. The van der Waals surface area contributed by atoms with Gasteiger partial charge in [-0.25, -0.2) is 0 Å². The number of nitrogens with zero attached hydrogens (tertiary/aromatic N) is 2. The predicted octanol–water partition coefficient (Wildman–Crippen LogP) is 2.50. The Morgan fingerprint density at radius 3 is 2.65 bits per heavy atom. The number of carbonyl (C=O) groups excluding carboxylic acids is 1. The van der Waals surface area contributed by atoms with E-state index in [9.17, 15) is 9.59 Å². The van der Waals surface area contributed by atoms with Gasteiger partial charge in [-0.1, -0.05) is 12.1 Å². The molecule has 20 heavy (non-hydrogen) atoms. The molecule has 0 saturated heterocycles. The van der Waals surface area contributed by atoms with Crippen molar-refractivity contribution in [3.05, 3.63) is 39.1 Å². The smallest absolute Gasteiger partial charge is 0.328 e. The van der Waals surface area contributed by atoms with Crippen LogP contribution in [0.3, 0.4) is 0 Å². The third kappa shape index (κ3) is 3.25. The number of para-hydroxylation sites is 1. The van der Waals surface area contributed by atoms with Crippen LogP contribution in [0.4, 0.5) is 0 Å². The molecule has 2 rings (SSSR count). The van der Waals surface area contributed by atoms with Crippen LogP contribution in [0.25, 0.3) is 10.9 Å². The number of hydrogen-bond donors (Lipinski definition) is 0. The van der Waals surface area contributed by atoms with E-state index in [4.69, 9.17) is 4.74 Å². The summed E-state index contributed by atoms with van der Waals surface area (Å²) in [6.45, 7) is 5.37. The molecule has 0 aliphatic rings. The maximum absolute atomic E-state index is 12.0. The van der Waals surface area contributed by atoms with Gasteiger partial charge in [0.05, 0.1) is 10.9 Å². The molecule has 0 unspecified atom stereocenters. The molecule has 0 saturated carbocycles. The van der Waals surface area contributed by atoms with Crippen LogP contribution in [-0.2, 0) is 16.1 Å². The molecule has 1 aromatic carbocycles. The van der Waals surface area contributed by atoms with Gasteiger partial charge < -0.3 is 4.74 Å². The van der Waals surface area contributed by atoms with Gasteiger partial charge in [0.1, 0.15) is 12.1 Å². The zero-order valence-corrected chi connectivity index (χ0v) is 13.1. The first-order chi connectivity index (χ1) is 9.28. The van der Waals surface area contributed by atoms with Crippen LogP contribution in [0.1, 0.15) is 20.8 Å². The molecule has 0 aliphatic heterocycles. The van der Waals surface area contributed by atoms with Crippen LogP contribution in [0.15, 0.2) is 33.7 Å². The van der Waals surface area contributed by atoms with Gasteiger partial charge in [-0.15, -0.1) is 0 Å². The van der Waals surface area contributed by atoms with Crippen molar-refractivity contribution in [3.8, 4) is 0 Å². The zero-order chi connectivity index (χ0) is 14.9. The Labute approximate surface area is 124 Å². The van der Waals surface area contributed by atoms with E-state index in [1.54, 1.807) is 45.0 Å². The maximum Gasteiger partial charge on any atom is 0.328 e. The van der Waals surface area contributed by atoms with Crippen molar-refractivity contribution in [2.45, 2.75) is 32.9 Å². The summed E-state index contributed by atoms with van der Waals surface area (Å²) in [6.07, 6.45) is 0. The number of benzene rings is 1. The summed E-state index contributed by atoms with van der Waals surface area (Å²) in [5, 5.41) is 4.60. The van der Waals surface area contributed by atoms with E-state index in [2.05, 4.69) is 21.0 Å². The second-order valence-corrected chi connectivity index (χ2v) is 6.13. The standard InChI is InChI=1S/C14H15BrN2O3/c1-14(2,3)20-11(18)8-17-10-7-5-4-6-9(10)12(19)13(15)16-17/h4-7H,8H2,1-3H3. The Balaban J connectivity index is 2.43. The van der Waals surface area contributed by atoms with Gasteiger partial charge in [-0.2, -0.15) is 5.10 Å². The Hall–Kier alpha value is -1.69. The van der Waals surface area contributed by atoms with Crippen LogP contribution in [0.2, 0.25) is 0 Å². The number of rotatable bonds is 2. The number of aromatic nitrogens is 2. The SMILES string of the molecule is CC(C)(C)OC(=O)Cn1nc(Br)c(=O)c2ccccc21. The molecule has 2 aromatic rings. The highest BCUT2D eigenvalue weighted by atomic mass is 79.9. The van der Waals surface area contributed by atoms with E-state index in [1.807, 2.05) is 0 Å². The zero-order valence-electron chi connectivity index (χ0n) is 11.5. The lowest BCUT2D eigenvalue weighted by Gasteiger charge is -2.20. The molecule has 0 radical (unpaired) electrons. The molecule has 0 fully saturated rings. The summed E-state index contributed by atoms with van der Waals surface area (Å²) in [5.74, 6) is -0.397. The van der Waals surface area contributed by atoms with E-state index in [0.717, 1.165) is 0 Å². The van der Waals surface area contributed by atoms with Crippen LogP contribution in [-0.4, -0.2) is 21.4 Å². The van der Waals surface area contributed by atoms with Crippen LogP contribution < -0.4 is 5.43 Å². The molecule has 0 N–H and O–H groups in total. The number of hydrogen-bond acceptors (Lipinski definition) is 4. The molecule has 0 atom stereocenters. The summed E-state index contributed by atoms with van der Waals surface area (Å²) < 4.78 is 6.91. The Morgan fingerprint density at radius 1 is 1.35 bits per heavy atom. The molecule has 0 spiro atoms. The maximum atomic E-state index is 12.0. The average molecular weight is 339 g/mol. The van der Waals surface area contributed by atoms with Crippen molar-refractivity contribution >= 4 is 32.8 Å². The van der Waals surface area contributed by atoms with Gasteiger partial charge in [0.2, 0.25) is 5.43 Å². The first-order valence-corrected chi connectivity index (χ1v) is 6.94. The van der Waals surface area contributed by atoms with Crippen molar-refractivity contribution in [2.24, 2.45) is 0 Å². The van der Waals surface area contributed by atoms with Crippen molar-refractivity contribution in [3.63, 3.8) is 0 Å². The van der Waals surface area contributed by atoms with Crippen LogP contribution >= 0.6 is 15.9 Å². The van der Waals surface area contributed by atoms with Crippen LogP contribution in [0, 0.1) is 0 Å². The second-order valence-electron chi connectivity index (χ2n) is 5.38. The monoisotopic (exact) mass is 338 g/mol. The first-order valence-electron chi connectivity index (χ1n) is 6.15. The summed E-state index contributed by atoms with van der Waals surface area (Å²) in [6, 6.07) is 7.02. The quantitative estimate of drug-likeness (QED) is 0.789. The highest BCUT2D eigenvalue weighted by Gasteiger charge is 2.18. The molecule has 0 bridgehead atoms. The van der Waals surface area contributed by atoms with Gasteiger partial charge in [0.25, 0.3) is 0 Å². The number of ether oxygens (including phenoxy) is 1. The molecule has 0 aliphatic carbocycles. The lowest BCUT2D eigenvalue weighted by Crippen LogP contribution is -2.28. The van der Waals surface area contributed by atoms with Crippen molar-refractivity contribution in [1.29, 1.82) is 0 Å². The number of esters is 1. The summed E-state index contributed by atoms with van der Waals surface area (Å²) in [7, 11) is 0. The molecule has 106 valence electrons. The molecule has 1 aromatic heterocycles. The van der Waals surface area contributed by atoms with Gasteiger partial charge >= 0.3 is 5.97 Å². The molecule has 1 heterocycles. The fraction of sp³-hybridized carbons (Fsp3) is 0.357. The number of carbonyl (C=O) groups is 1. The van der Waals surface area contributed by atoms with E-state index >= 15 is 0 Å². The highest BCUT2D eigenvalue weighted by molar-refractivity contribution is 9.10. The predicted molar refractivity (Wildman–Crippen MR) is 79.5 cm³/mol. The third-order valence-electron chi connectivity index (χ3n) is 2.52. The fourth-order valence-corrected chi connectivity index (χ4v) is 2.23. The third-order valence-corrected chi connectivity index (χ3v) is 3.04. The van der Waals surface area contributed by atoms with Crippen molar-refractivity contribution in [1.82, 2.24) is 9.78 Å². The fourth-order valence-electron chi connectivity index (χ4n) is 1.82. The molecule has 6 heteroatoms. The Bertz CT molecular complexity index is 716. The molecule has 0 amide bonds. The molecular formula is C14H15BrN2O3. The van der Waals surface area contributed by atoms with Gasteiger partial charge in [0, 0.05) is 0 Å². The van der Waals surface area contributed by atoms with Gasteiger partial charge in [-0.05, 0) is 48.8 Å². The highest BCUT2D eigenvalue weighted by Crippen LogP contribution is 2.13. The largest absolute Gasteiger partial charge is 0.459 e. The minimum absolute atomic E-state index is 0.0450. The van der Waals surface area contributed by atoms with E-state index in [0.29, 0.717) is 10.9 Å². The minimum atomic E-state index is -0.552. The molecule has 5 nitrogen and oxygen atoms in total.